The van der Waals surface area contributed by atoms with E-state index in [9.17, 15) is 9.18 Å². The van der Waals surface area contributed by atoms with Gasteiger partial charge in [-0.3, -0.25) is 9.48 Å². The molecule has 0 aliphatic carbocycles. The smallest absolute Gasteiger partial charge is 0.242 e. The van der Waals surface area contributed by atoms with E-state index in [1.165, 1.54) is 6.07 Å². The van der Waals surface area contributed by atoms with Crippen molar-refractivity contribution in [2.45, 2.75) is 13.1 Å². The Labute approximate surface area is 131 Å². The summed E-state index contributed by atoms with van der Waals surface area (Å²) in [7, 11) is 0. The molecule has 0 unspecified atom stereocenters. The second-order valence-corrected chi connectivity index (χ2v) is 5.25. The summed E-state index contributed by atoms with van der Waals surface area (Å²) < 4.78 is 15.1. The minimum Gasteiger partial charge on any atom is -0.350 e. The predicted octanol–water partition coefficient (Wildman–Crippen LogP) is 3.15. The van der Waals surface area contributed by atoms with Gasteiger partial charge in [-0.25, -0.2) is 4.39 Å². The fraction of sp³-hybridized carbons (Fsp3) is 0.125. The third-order valence-corrected chi connectivity index (χ3v) is 3.69. The van der Waals surface area contributed by atoms with Gasteiger partial charge in [0.15, 0.2) is 0 Å². The predicted molar refractivity (Wildman–Crippen MR) is 83.0 cm³/mol. The summed E-state index contributed by atoms with van der Waals surface area (Å²) in [6.07, 6.45) is 1.63. The quantitative estimate of drug-likeness (QED) is 0.803. The van der Waals surface area contributed by atoms with Crippen molar-refractivity contribution < 1.29 is 9.18 Å². The van der Waals surface area contributed by atoms with Crippen LogP contribution in [0.25, 0.3) is 10.9 Å². The average molecular weight is 318 g/mol. The molecule has 4 nitrogen and oxygen atoms in total. The molecule has 3 aromatic rings. The molecule has 0 fully saturated rings. The topological polar surface area (TPSA) is 46.9 Å². The molecule has 112 valence electrons. The minimum absolute atomic E-state index is 0.0539. The third-order valence-electron chi connectivity index (χ3n) is 3.36. The number of benzene rings is 2. The van der Waals surface area contributed by atoms with Crippen LogP contribution in [0.15, 0.2) is 48.7 Å². The summed E-state index contributed by atoms with van der Waals surface area (Å²) in [4.78, 5) is 12.0. The summed E-state index contributed by atoms with van der Waals surface area (Å²) in [6.45, 7) is 0.198. The van der Waals surface area contributed by atoms with Gasteiger partial charge < -0.3 is 5.32 Å². The van der Waals surface area contributed by atoms with Crippen molar-refractivity contribution in [3.8, 4) is 0 Å². The van der Waals surface area contributed by atoms with E-state index in [2.05, 4.69) is 10.4 Å². The standard InChI is InChI=1S/C16H13ClFN3O/c17-13-5-3-7-15-12(13)9-20-21(15)10-16(22)19-8-11-4-1-2-6-14(11)18/h1-7,9H,8,10H2,(H,19,22). The SMILES string of the molecule is O=C(Cn1ncc2c(Cl)cccc21)NCc1ccccc1F. The Kier molecular flexibility index (Phi) is 4.06. The molecule has 22 heavy (non-hydrogen) atoms. The lowest BCUT2D eigenvalue weighted by molar-refractivity contribution is -0.121. The maximum Gasteiger partial charge on any atom is 0.242 e. The molecule has 0 spiro atoms. The van der Waals surface area contributed by atoms with Gasteiger partial charge in [0.05, 0.1) is 16.7 Å². The second kappa shape index (κ2) is 6.15. The molecule has 1 N–H and O–H groups in total. The summed E-state index contributed by atoms with van der Waals surface area (Å²) in [6, 6.07) is 11.8. The van der Waals surface area contributed by atoms with Crippen molar-refractivity contribution in [2.75, 3.05) is 0 Å². The van der Waals surface area contributed by atoms with E-state index in [4.69, 9.17) is 11.6 Å². The highest BCUT2D eigenvalue weighted by atomic mass is 35.5. The molecule has 0 atom stereocenters. The number of nitrogens with zero attached hydrogens (tertiary/aromatic N) is 2. The largest absolute Gasteiger partial charge is 0.350 e. The first-order valence-electron chi connectivity index (χ1n) is 6.75. The summed E-state index contributed by atoms with van der Waals surface area (Å²) in [5.74, 6) is -0.577. The van der Waals surface area contributed by atoms with Crippen LogP contribution in [0.5, 0.6) is 0 Å². The van der Waals surface area contributed by atoms with Crippen LogP contribution in [0, 0.1) is 5.82 Å². The van der Waals surface area contributed by atoms with Crippen LogP contribution >= 0.6 is 11.6 Å². The van der Waals surface area contributed by atoms with Crippen molar-refractivity contribution in [3.63, 3.8) is 0 Å². The van der Waals surface area contributed by atoms with E-state index >= 15 is 0 Å². The average Bonchev–Trinajstić information content (AvgIpc) is 2.91. The first-order valence-corrected chi connectivity index (χ1v) is 7.13. The normalized spacial score (nSPS) is 10.8. The number of hydrogen-bond acceptors (Lipinski definition) is 2. The zero-order chi connectivity index (χ0) is 15.5. The molecule has 0 radical (unpaired) electrons. The molecule has 0 saturated carbocycles. The van der Waals surface area contributed by atoms with Gasteiger partial charge in [0.1, 0.15) is 12.4 Å². The van der Waals surface area contributed by atoms with E-state index in [1.54, 1.807) is 41.2 Å². The van der Waals surface area contributed by atoms with Gasteiger partial charge in [-0.2, -0.15) is 5.10 Å². The van der Waals surface area contributed by atoms with Gasteiger partial charge >= 0.3 is 0 Å². The fourth-order valence-corrected chi connectivity index (χ4v) is 2.44. The Balaban J connectivity index is 1.69. The molecule has 0 aliphatic heterocycles. The fourth-order valence-electron chi connectivity index (χ4n) is 2.22. The highest BCUT2D eigenvalue weighted by Crippen LogP contribution is 2.22. The van der Waals surface area contributed by atoms with Gasteiger partial charge in [-0.1, -0.05) is 35.9 Å². The third kappa shape index (κ3) is 2.94. The molecule has 1 aromatic heterocycles. The van der Waals surface area contributed by atoms with Gasteiger partial charge in [0.25, 0.3) is 0 Å². The number of carbonyl (C=O) groups excluding carboxylic acids is 1. The second-order valence-electron chi connectivity index (χ2n) is 4.84. The number of hydrogen-bond donors (Lipinski definition) is 1. The Morgan fingerprint density at radius 1 is 1.23 bits per heavy atom. The molecule has 0 bridgehead atoms. The van der Waals surface area contributed by atoms with Crippen molar-refractivity contribution >= 4 is 28.4 Å². The molecular formula is C16H13ClFN3O. The number of fused-ring (bicyclic) bond motifs is 1. The Hall–Kier alpha value is -2.40. The highest BCUT2D eigenvalue weighted by molar-refractivity contribution is 6.35. The van der Waals surface area contributed by atoms with Gasteiger partial charge in [-0.05, 0) is 18.2 Å². The molecule has 0 saturated heterocycles. The van der Waals surface area contributed by atoms with E-state index in [0.29, 0.717) is 10.6 Å². The molecule has 3 rings (SSSR count). The maximum absolute atomic E-state index is 13.5. The van der Waals surface area contributed by atoms with E-state index < -0.39 is 0 Å². The molecule has 1 amide bonds. The van der Waals surface area contributed by atoms with Gasteiger partial charge in [-0.15, -0.1) is 0 Å². The molecule has 1 heterocycles. The van der Waals surface area contributed by atoms with Crippen LogP contribution in [0.2, 0.25) is 5.02 Å². The lowest BCUT2D eigenvalue weighted by atomic mass is 10.2. The molecule has 6 heteroatoms. The number of nitrogens with one attached hydrogen (secondary N) is 1. The lowest BCUT2D eigenvalue weighted by Crippen LogP contribution is -2.27. The van der Waals surface area contributed by atoms with Crippen LogP contribution in [0.3, 0.4) is 0 Å². The van der Waals surface area contributed by atoms with Crippen LogP contribution in [-0.2, 0) is 17.9 Å². The van der Waals surface area contributed by atoms with E-state index in [0.717, 1.165) is 10.9 Å². The molecular weight excluding hydrogens is 305 g/mol. The van der Waals surface area contributed by atoms with E-state index in [-0.39, 0.29) is 24.8 Å². The molecule has 0 aliphatic rings. The van der Waals surface area contributed by atoms with Crippen LogP contribution in [0.4, 0.5) is 4.39 Å². The summed E-state index contributed by atoms with van der Waals surface area (Å²) in [5, 5.41) is 8.24. The number of amides is 1. The summed E-state index contributed by atoms with van der Waals surface area (Å²) >= 11 is 6.07. The zero-order valence-corrected chi connectivity index (χ0v) is 12.3. The first-order chi connectivity index (χ1) is 10.6. The number of halogens is 2. The minimum atomic E-state index is -0.334. The van der Waals surface area contributed by atoms with Crippen LogP contribution in [-0.4, -0.2) is 15.7 Å². The Bertz CT molecular complexity index is 831. The van der Waals surface area contributed by atoms with Crippen molar-refractivity contribution in [1.29, 1.82) is 0 Å². The lowest BCUT2D eigenvalue weighted by Gasteiger charge is -2.07. The summed E-state index contributed by atoms with van der Waals surface area (Å²) in [5.41, 5.74) is 1.23. The molecule has 2 aromatic carbocycles. The highest BCUT2D eigenvalue weighted by Gasteiger charge is 2.10. The van der Waals surface area contributed by atoms with Crippen LogP contribution < -0.4 is 5.32 Å². The zero-order valence-electron chi connectivity index (χ0n) is 11.6. The van der Waals surface area contributed by atoms with Crippen molar-refractivity contribution in [3.05, 3.63) is 65.1 Å². The van der Waals surface area contributed by atoms with Crippen molar-refractivity contribution in [1.82, 2.24) is 15.1 Å². The first kappa shape index (κ1) is 14.5. The maximum atomic E-state index is 13.5. The Morgan fingerprint density at radius 3 is 2.86 bits per heavy atom. The number of carbonyl (C=O) groups is 1. The number of rotatable bonds is 4. The monoisotopic (exact) mass is 317 g/mol. The number of aromatic nitrogens is 2. The van der Waals surface area contributed by atoms with Crippen molar-refractivity contribution in [2.24, 2.45) is 0 Å². The van der Waals surface area contributed by atoms with Crippen LogP contribution in [0.1, 0.15) is 5.56 Å². The van der Waals surface area contributed by atoms with Gasteiger partial charge in [0.2, 0.25) is 5.91 Å². The Morgan fingerprint density at radius 2 is 2.05 bits per heavy atom. The van der Waals surface area contributed by atoms with Gasteiger partial charge in [0, 0.05) is 17.5 Å². The van der Waals surface area contributed by atoms with E-state index in [1.807, 2.05) is 6.07 Å².